The number of nitrogens with one attached hydrogen (secondary N) is 2. The summed E-state index contributed by atoms with van der Waals surface area (Å²) >= 11 is 0. The van der Waals surface area contributed by atoms with Crippen molar-refractivity contribution in [3.63, 3.8) is 0 Å². The van der Waals surface area contributed by atoms with E-state index < -0.39 is 12.1 Å². The van der Waals surface area contributed by atoms with Crippen molar-refractivity contribution in [2.75, 3.05) is 5.32 Å². The van der Waals surface area contributed by atoms with E-state index in [-0.39, 0.29) is 17.9 Å². The van der Waals surface area contributed by atoms with Crippen LogP contribution in [0.15, 0.2) is 48.7 Å². The fraction of sp³-hybridized carbons (Fsp3) is 0.0625. The van der Waals surface area contributed by atoms with Crippen LogP contribution in [0.25, 0.3) is 10.9 Å². The van der Waals surface area contributed by atoms with Crippen LogP contribution in [-0.4, -0.2) is 27.4 Å². The van der Waals surface area contributed by atoms with Gasteiger partial charge in [0.05, 0.1) is 17.4 Å². The Kier molecular flexibility index (Phi) is 3.92. The lowest BCUT2D eigenvalue weighted by atomic mass is 10.1. The van der Waals surface area contributed by atoms with Crippen LogP contribution in [0.4, 0.5) is 10.5 Å². The van der Waals surface area contributed by atoms with Gasteiger partial charge in [0.1, 0.15) is 12.2 Å². The largest absolute Gasteiger partial charge is 0.478 e. The second kappa shape index (κ2) is 6.18. The van der Waals surface area contributed by atoms with Crippen molar-refractivity contribution in [2.45, 2.75) is 6.61 Å². The Morgan fingerprint density at radius 2 is 1.96 bits per heavy atom. The van der Waals surface area contributed by atoms with Crippen molar-refractivity contribution >= 4 is 28.7 Å². The second-order valence-corrected chi connectivity index (χ2v) is 4.81. The zero-order valence-electron chi connectivity index (χ0n) is 11.9. The van der Waals surface area contributed by atoms with Crippen molar-refractivity contribution < 1.29 is 19.4 Å². The van der Waals surface area contributed by atoms with Crippen LogP contribution in [0.3, 0.4) is 0 Å². The summed E-state index contributed by atoms with van der Waals surface area (Å²) in [6.07, 6.45) is 0.787. The summed E-state index contributed by atoms with van der Waals surface area (Å²) in [5, 5.41) is 18.9. The van der Waals surface area contributed by atoms with E-state index >= 15 is 0 Å². The minimum Gasteiger partial charge on any atom is -0.478 e. The number of benzene rings is 2. The summed E-state index contributed by atoms with van der Waals surface area (Å²) in [5.41, 5.74) is 1.27. The number of carbonyl (C=O) groups is 2. The molecule has 0 saturated heterocycles. The van der Waals surface area contributed by atoms with Crippen molar-refractivity contribution in [3.8, 4) is 0 Å². The number of hydrogen-bond acceptors (Lipinski definition) is 4. The standard InChI is InChI=1S/C16H13N3O4/c20-15(21)13-12(7-6-11-8-17-19-14(11)13)18-16(22)23-9-10-4-2-1-3-5-10/h1-8H,9H2,(H,17,19)(H,18,22)(H,20,21). The molecule has 23 heavy (non-hydrogen) atoms. The first-order valence-electron chi connectivity index (χ1n) is 6.82. The van der Waals surface area contributed by atoms with E-state index in [4.69, 9.17) is 4.74 Å². The zero-order valence-corrected chi connectivity index (χ0v) is 11.9. The van der Waals surface area contributed by atoms with Crippen molar-refractivity contribution in [1.29, 1.82) is 0 Å². The van der Waals surface area contributed by atoms with Gasteiger partial charge in [-0.05, 0) is 17.7 Å². The van der Waals surface area contributed by atoms with Gasteiger partial charge in [-0.3, -0.25) is 10.4 Å². The first-order valence-corrected chi connectivity index (χ1v) is 6.82. The molecule has 0 spiro atoms. The minimum absolute atomic E-state index is 0.0586. The fourth-order valence-corrected chi connectivity index (χ4v) is 2.21. The molecule has 0 bridgehead atoms. The van der Waals surface area contributed by atoms with Crippen molar-refractivity contribution in [2.24, 2.45) is 0 Å². The van der Waals surface area contributed by atoms with Crippen LogP contribution < -0.4 is 5.32 Å². The Balaban J connectivity index is 1.77. The van der Waals surface area contributed by atoms with Crippen LogP contribution in [-0.2, 0) is 11.3 Å². The highest BCUT2D eigenvalue weighted by atomic mass is 16.5. The second-order valence-electron chi connectivity index (χ2n) is 4.81. The van der Waals surface area contributed by atoms with Gasteiger partial charge in [-0.15, -0.1) is 0 Å². The lowest BCUT2D eigenvalue weighted by molar-refractivity contribution is 0.0700. The van der Waals surface area contributed by atoms with Gasteiger partial charge >= 0.3 is 12.1 Å². The molecule has 0 atom stereocenters. The van der Waals surface area contributed by atoms with E-state index in [1.165, 1.54) is 12.3 Å². The number of H-pyrrole nitrogens is 1. The van der Waals surface area contributed by atoms with E-state index in [1.54, 1.807) is 6.07 Å². The van der Waals surface area contributed by atoms with E-state index in [9.17, 15) is 14.7 Å². The van der Waals surface area contributed by atoms with E-state index in [2.05, 4.69) is 15.5 Å². The number of ether oxygens (including phenoxy) is 1. The highest BCUT2D eigenvalue weighted by molar-refractivity contribution is 6.09. The van der Waals surface area contributed by atoms with Gasteiger partial charge in [0.15, 0.2) is 0 Å². The molecule has 0 aliphatic rings. The Morgan fingerprint density at radius 3 is 2.70 bits per heavy atom. The van der Waals surface area contributed by atoms with Crippen LogP contribution in [0.5, 0.6) is 0 Å². The number of fused-ring (bicyclic) bond motifs is 1. The first-order chi connectivity index (χ1) is 11.1. The number of carboxylic acids is 1. The predicted molar refractivity (Wildman–Crippen MR) is 83.3 cm³/mol. The van der Waals surface area contributed by atoms with Crippen molar-refractivity contribution in [3.05, 3.63) is 59.8 Å². The average Bonchev–Trinajstić information content (AvgIpc) is 3.01. The molecule has 2 aromatic carbocycles. The maximum Gasteiger partial charge on any atom is 0.411 e. The van der Waals surface area contributed by atoms with Gasteiger partial charge in [-0.25, -0.2) is 9.59 Å². The molecule has 0 unspecified atom stereocenters. The van der Waals surface area contributed by atoms with Gasteiger partial charge in [0.25, 0.3) is 0 Å². The minimum atomic E-state index is -1.17. The molecule has 0 radical (unpaired) electrons. The molecular weight excluding hydrogens is 298 g/mol. The Hall–Kier alpha value is -3.35. The number of nitrogens with zero attached hydrogens (tertiary/aromatic N) is 1. The van der Waals surface area contributed by atoms with Gasteiger partial charge in [-0.1, -0.05) is 30.3 Å². The average molecular weight is 311 g/mol. The van der Waals surface area contributed by atoms with Gasteiger partial charge < -0.3 is 9.84 Å². The summed E-state index contributed by atoms with van der Waals surface area (Å²) in [4.78, 5) is 23.3. The molecule has 7 nitrogen and oxygen atoms in total. The number of amides is 1. The molecule has 116 valence electrons. The molecule has 1 aromatic heterocycles. The molecule has 3 rings (SSSR count). The van der Waals surface area contributed by atoms with Crippen molar-refractivity contribution in [1.82, 2.24) is 10.2 Å². The lowest BCUT2D eigenvalue weighted by Crippen LogP contribution is -2.16. The maximum absolute atomic E-state index is 11.9. The lowest BCUT2D eigenvalue weighted by Gasteiger charge is -2.10. The predicted octanol–water partition coefficient (Wildman–Crippen LogP) is 3.01. The number of anilines is 1. The third-order valence-corrected chi connectivity index (χ3v) is 3.28. The SMILES string of the molecule is O=C(Nc1ccc2cn[nH]c2c1C(=O)O)OCc1ccccc1. The molecule has 1 amide bonds. The van der Waals surface area contributed by atoms with Gasteiger partial charge in [-0.2, -0.15) is 5.10 Å². The number of rotatable bonds is 4. The highest BCUT2D eigenvalue weighted by Gasteiger charge is 2.18. The van der Waals surface area contributed by atoms with Gasteiger partial charge in [0, 0.05) is 5.39 Å². The number of carboxylic acid groups (broad SMARTS) is 1. The number of aromatic amines is 1. The summed E-state index contributed by atoms with van der Waals surface area (Å²) in [5.74, 6) is -1.17. The van der Waals surface area contributed by atoms with E-state index in [0.29, 0.717) is 10.9 Å². The molecule has 3 aromatic rings. The van der Waals surface area contributed by atoms with Crippen LogP contribution in [0.2, 0.25) is 0 Å². The topological polar surface area (TPSA) is 104 Å². The third kappa shape index (κ3) is 3.13. The molecule has 1 heterocycles. The third-order valence-electron chi connectivity index (χ3n) is 3.28. The summed E-state index contributed by atoms with van der Waals surface area (Å²) in [7, 11) is 0. The molecule has 0 saturated carbocycles. The molecular formula is C16H13N3O4. The molecule has 3 N–H and O–H groups in total. The number of aromatic nitrogens is 2. The Labute approximate surface area is 130 Å². The monoisotopic (exact) mass is 311 g/mol. The normalized spacial score (nSPS) is 10.4. The van der Waals surface area contributed by atoms with Crippen LogP contribution >= 0.6 is 0 Å². The summed E-state index contributed by atoms with van der Waals surface area (Å²) in [6, 6.07) is 12.4. The van der Waals surface area contributed by atoms with E-state index in [0.717, 1.165) is 5.56 Å². The Bertz CT molecular complexity index is 858. The van der Waals surface area contributed by atoms with Gasteiger partial charge in [0.2, 0.25) is 0 Å². The molecule has 0 aliphatic heterocycles. The molecule has 7 heteroatoms. The number of aromatic carboxylic acids is 1. The Morgan fingerprint density at radius 1 is 1.17 bits per heavy atom. The van der Waals surface area contributed by atoms with E-state index in [1.807, 2.05) is 30.3 Å². The van der Waals surface area contributed by atoms with Crippen LogP contribution in [0.1, 0.15) is 15.9 Å². The maximum atomic E-state index is 11.9. The summed E-state index contributed by atoms with van der Waals surface area (Å²) in [6.45, 7) is 0.0986. The van der Waals surface area contributed by atoms with Crippen LogP contribution in [0, 0.1) is 0 Å². The summed E-state index contributed by atoms with van der Waals surface area (Å²) < 4.78 is 5.09. The first kappa shape index (κ1) is 14.6. The quantitative estimate of drug-likeness (QED) is 0.687. The molecule has 0 fully saturated rings. The number of carbonyl (C=O) groups excluding carboxylic acids is 1. The highest BCUT2D eigenvalue weighted by Crippen LogP contribution is 2.24. The number of hydrogen-bond donors (Lipinski definition) is 3. The smallest absolute Gasteiger partial charge is 0.411 e. The zero-order chi connectivity index (χ0) is 16.2. The molecule has 0 aliphatic carbocycles. The fourth-order valence-electron chi connectivity index (χ4n) is 2.21.